The molecule has 7 rings (SSSR count). The number of urea groups is 1. The number of hydrogen-bond donors (Lipinski definition) is 0. The number of carbonyl (C=O) groups is 4. The number of fused-ring (bicyclic) bond motifs is 5. The van der Waals surface area contributed by atoms with Crippen molar-refractivity contribution < 1.29 is 33.4 Å². The molecular weight excluding hydrogens is 642 g/mol. The Bertz CT molecular complexity index is 1900. The molecule has 0 aliphatic carbocycles. The molecule has 5 heterocycles. The van der Waals surface area contributed by atoms with Crippen LogP contribution in [0, 0.1) is 11.3 Å². The minimum Gasteiger partial charge on any atom is -0.492 e. The molecule has 3 aromatic rings. The Morgan fingerprint density at radius 2 is 1.70 bits per heavy atom. The molecule has 50 heavy (non-hydrogen) atoms. The van der Waals surface area contributed by atoms with Gasteiger partial charge in [-0.3, -0.25) is 29.0 Å². The Balaban J connectivity index is 1.27. The maximum atomic E-state index is 14.5. The number of likely N-dealkylation sites (N-methyl/N-ethyl adjacent to an activating group) is 1. The predicted octanol–water partition coefficient (Wildman–Crippen LogP) is 2.60. The second kappa shape index (κ2) is 12.9. The third-order valence-electron chi connectivity index (χ3n) is 10.6. The van der Waals surface area contributed by atoms with Crippen LogP contribution >= 0.6 is 0 Å². The Hall–Kier alpha value is -5.17. The fraction of sp³-hybridized carbons (Fsp3) is 0.432. The molecule has 13 heteroatoms. The highest BCUT2D eigenvalue weighted by atomic mass is 16.7. The average molecular weight is 684 g/mol. The first kappa shape index (κ1) is 33.3. The van der Waals surface area contributed by atoms with E-state index >= 15 is 0 Å². The van der Waals surface area contributed by atoms with Crippen LogP contribution in [0.2, 0.25) is 0 Å². The minimum absolute atomic E-state index is 0.0227. The normalized spacial score (nSPS) is 20.9. The number of likely N-dealkylation sites (tertiary alicyclic amines) is 1. The van der Waals surface area contributed by atoms with Gasteiger partial charge < -0.3 is 28.6 Å². The highest BCUT2D eigenvalue weighted by Crippen LogP contribution is 2.48. The number of piperidine rings is 1. The van der Waals surface area contributed by atoms with Crippen LogP contribution < -0.4 is 19.8 Å². The lowest BCUT2D eigenvalue weighted by atomic mass is 9.74. The number of ether oxygens (including phenoxy) is 3. The van der Waals surface area contributed by atoms with Crippen LogP contribution in [-0.2, 0) is 29.0 Å². The lowest BCUT2D eigenvalue weighted by Crippen LogP contribution is -2.67. The molecule has 13 nitrogen and oxygen atoms in total. The summed E-state index contributed by atoms with van der Waals surface area (Å²) in [5, 5.41) is 0. The van der Waals surface area contributed by atoms with Gasteiger partial charge in [0.15, 0.2) is 11.5 Å². The number of benzene rings is 2. The van der Waals surface area contributed by atoms with E-state index in [1.54, 1.807) is 36.2 Å². The van der Waals surface area contributed by atoms with Crippen molar-refractivity contribution in [1.29, 1.82) is 0 Å². The van der Waals surface area contributed by atoms with E-state index in [4.69, 9.17) is 14.2 Å². The second-order valence-corrected chi connectivity index (χ2v) is 13.8. The highest BCUT2D eigenvalue weighted by molar-refractivity contribution is 6.19. The van der Waals surface area contributed by atoms with Crippen molar-refractivity contribution in [2.45, 2.75) is 31.7 Å². The van der Waals surface area contributed by atoms with Crippen LogP contribution in [0.1, 0.15) is 39.5 Å². The minimum atomic E-state index is -1.69. The van der Waals surface area contributed by atoms with E-state index in [1.807, 2.05) is 34.9 Å². The molecule has 262 valence electrons. The van der Waals surface area contributed by atoms with Gasteiger partial charge >= 0.3 is 6.03 Å². The largest absolute Gasteiger partial charge is 0.492 e. The Morgan fingerprint density at radius 3 is 2.42 bits per heavy atom. The average Bonchev–Trinajstić information content (AvgIpc) is 3.60. The van der Waals surface area contributed by atoms with Crippen molar-refractivity contribution in [3.05, 3.63) is 87.3 Å². The van der Waals surface area contributed by atoms with E-state index in [1.165, 1.54) is 21.2 Å². The number of hydrogen-bond acceptors (Lipinski definition) is 9. The summed E-state index contributed by atoms with van der Waals surface area (Å²) >= 11 is 0. The quantitative estimate of drug-likeness (QED) is 0.313. The van der Waals surface area contributed by atoms with E-state index in [2.05, 4.69) is 4.90 Å². The Kier molecular flexibility index (Phi) is 8.63. The molecule has 0 N–H and O–H groups in total. The number of carbonyl (C=O) groups excluding carboxylic acids is 4. The van der Waals surface area contributed by atoms with Gasteiger partial charge in [0, 0.05) is 89.1 Å². The molecule has 0 saturated carbocycles. The standard InChI is InChI=1S/C37H41N5O8/c1-38(33(44)24-9-6-5-7-10-24)14-13-25-16-29-32(50-22-49-29)31(48-4)27(25)17-37(34(45)39(2)36(47)40(3)35(37)46)21-41-18-23-15-26(20-41)28-11-8-12-30(43)42(28)19-23/h5-12,16,23,26H,13-15,17-22H2,1-4H3/t23-,26+/m1/s1. The van der Waals surface area contributed by atoms with Crippen molar-refractivity contribution in [3.63, 3.8) is 0 Å². The van der Waals surface area contributed by atoms with Crippen molar-refractivity contribution in [2.24, 2.45) is 11.3 Å². The summed E-state index contributed by atoms with van der Waals surface area (Å²) in [6, 6.07) is 15.5. The van der Waals surface area contributed by atoms with Gasteiger partial charge in [0.1, 0.15) is 5.41 Å². The van der Waals surface area contributed by atoms with Crippen LogP contribution in [0.3, 0.4) is 0 Å². The van der Waals surface area contributed by atoms with Gasteiger partial charge in [0.2, 0.25) is 24.4 Å². The van der Waals surface area contributed by atoms with Crippen LogP contribution in [0.15, 0.2) is 59.4 Å². The number of methoxy groups -OCH3 is 1. The molecule has 0 unspecified atom stereocenters. The van der Waals surface area contributed by atoms with Crippen molar-refractivity contribution in [1.82, 2.24) is 24.2 Å². The van der Waals surface area contributed by atoms with E-state index in [9.17, 15) is 24.0 Å². The third kappa shape index (κ3) is 5.59. The number of nitrogens with zero attached hydrogens (tertiary/aromatic N) is 5. The van der Waals surface area contributed by atoms with Crippen molar-refractivity contribution >= 4 is 23.8 Å². The molecule has 0 radical (unpaired) electrons. The first-order chi connectivity index (χ1) is 24.0. The maximum Gasteiger partial charge on any atom is 0.332 e. The number of pyridine rings is 1. The lowest BCUT2D eigenvalue weighted by molar-refractivity contribution is -0.159. The summed E-state index contributed by atoms with van der Waals surface area (Å²) in [7, 11) is 6.03. The summed E-state index contributed by atoms with van der Waals surface area (Å²) < 4.78 is 19.4. The smallest absolute Gasteiger partial charge is 0.332 e. The number of rotatable bonds is 9. The predicted molar refractivity (Wildman–Crippen MR) is 181 cm³/mol. The van der Waals surface area contributed by atoms with E-state index < -0.39 is 23.3 Å². The van der Waals surface area contributed by atoms with Gasteiger partial charge in [-0.15, -0.1) is 0 Å². The van der Waals surface area contributed by atoms with Crippen LogP contribution in [0.25, 0.3) is 0 Å². The van der Waals surface area contributed by atoms with Gasteiger partial charge in [-0.2, -0.15) is 0 Å². The molecule has 0 spiro atoms. The van der Waals surface area contributed by atoms with E-state index in [0.29, 0.717) is 61.0 Å². The number of barbiturate groups is 1. The molecule has 2 saturated heterocycles. The molecule has 2 atom stereocenters. The third-order valence-corrected chi connectivity index (χ3v) is 10.6. The zero-order chi connectivity index (χ0) is 35.3. The van der Waals surface area contributed by atoms with Gasteiger partial charge in [-0.25, -0.2) is 4.79 Å². The number of imide groups is 2. The number of amides is 5. The summed E-state index contributed by atoms with van der Waals surface area (Å²) in [6.45, 7) is 2.04. The molecule has 2 bridgehead atoms. The molecule has 4 aliphatic heterocycles. The topological polar surface area (TPSA) is 131 Å². The highest BCUT2D eigenvalue weighted by Gasteiger charge is 2.57. The van der Waals surface area contributed by atoms with Crippen molar-refractivity contribution in [3.8, 4) is 17.2 Å². The van der Waals surface area contributed by atoms with Crippen LogP contribution in [-0.4, -0.2) is 109 Å². The molecule has 2 aromatic carbocycles. The maximum absolute atomic E-state index is 14.5. The van der Waals surface area contributed by atoms with Crippen molar-refractivity contribution in [2.75, 3.05) is 61.2 Å². The van der Waals surface area contributed by atoms with Crippen LogP contribution in [0.5, 0.6) is 17.2 Å². The molecule has 2 fully saturated rings. The fourth-order valence-electron chi connectivity index (χ4n) is 8.21. The lowest BCUT2D eigenvalue weighted by Gasteiger charge is -2.48. The molecule has 5 amide bonds. The number of aromatic nitrogens is 1. The Labute approximate surface area is 289 Å². The van der Waals surface area contributed by atoms with E-state index in [0.717, 1.165) is 27.5 Å². The first-order valence-electron chi connectivity index (χ1n) is 16.8. The monoisotopic (exact) mass is 683 g/mol. The molecular formula is C37H41N5O8. The molecule has 1 aromatic heterocycles. The summed E-state index contributed by atoms with van der Waals surface area (Å²) in [5.41, 5.74) is 1.09. The fourth-order valence-corrected chi connectivity index (χ4v) is 8.21. The van der Waals surface area contributed by atoms with Crippen LogP contribution in [0.4, 0.5) is 4.79 Å². The second-order valence-electron chi connectivity index (χ2n) is 13.8. The van der Waals surface area contributed by atoms with Gasteiger partial charge in [0.05, 0.1) is 7.11 Å². The Morgan fingerprint density at radius 1 is 0.960 bits per heavy atom. The summed E-state index contributed by atoms with van der Waals surface area (Å²) in [6.07, 6.45) is 1.18. The summed E-state index contributed by atoms with van der Waals surface area (Å²) in [5.74, 6) is 0.0480. The van der Waals surface area contributed by atoms with Gasteiger partial charge in [-0.1, -0.05) is 24.3 Å². The van der Waals surface area contributed by atoms with Gasteiger partial charge in [0.25, 0.3) is 11.5 Å². The zero-order valence-electron chi connectivity index (χ0n) is 28.7. The van der Waals surface area contributed by atoms with E-state index in [-0.39, 0.29) is 43.1 Å². The van der Waals surface area contributed by atoms with Gasteiger partial charge in [-0.05, 0) is 48.6 Å². The SMILES string of the molecule is COc1c(CC2(CN3C[C@H]4C[C@@H](C3)c3cccc(=O)n3C4)C(=O)N(C)C(=O)N(C)C2=O)c(CCN(C)C(=O)c2ccccc2)cc2c1OCO2. The molecule has 4 aliphatic rings. The summed E-state index contributed by atoms with van der Waals surface area (Å²) in [4.78, 5) is 73.7. The first-order valence-corrected chi connectivity index (χ1v) is 16.8. The zero-order valence-corrected chi connectivity index (χ0v) is 28.7.